The molecule has 0 N–H and O–H groups in total. The Kier molecular flexibility index (Phi) is 53.9. The topological polar surface area (TPSA) is 78.9 Å². The molecular formula is C63H106O6. The van der Waals surface area contributed by atoms with Crippen LogP contribution in [0, 0.1) is 0 Å². The summed E-state index contributed by atoms with van der Waals surface area (Å²) in [6.45, 7) is 6.44. The minimum Gasteiger partial charge on any atom is -0.462 e. The maximum Gasteiger partial charge on any atom is 0.306 e. The smallest absolute Gasteiger partial charge is 0.306 e. The number of hydrogen-bond donors (Lipinski definition) is 0. The SMILES string of the molecule is CC/C=C\C/C=C\C/C=C\C/C=C\C/C=C\CCC(=O)OCC(COC(=O)CCCCCCC\C=C/C=C\C=C/CCCCCCC)OC(=O)CCCCCCCCCCCCCCCCCCC. The standard InChI is InChI=1S/C63H106O6/c1-4-7-10-13-16-19-22-25-28-31-33-35-38-41-44-47-50-53-56-62(65)68-59-60(58-67-61(64)55-52-49-46-43-40-37-34-30-27-24-21-18-15-12-9-6-3)69-63(66)57-54-51-48-45-42-39-36-32-29-26-23-20-17-14-11-8-5-2/h9,12,18,21-22,25,27-28,30-31,33,35,37,40,46,49,60H,4-8,10-11,13-17,19-20,23-24,26,29,32,34,36,38-39,41-45,47-48,50-59H2,1-3H3/b12-9-,21-18-,25-22-,30-27-,31-28-,35-33-,40-37-,49-46-. The van der Waals surface area contributed by atoms with E-state index in [9.17, 15) is 14.4 Å². The lowest BCUT2D eigenvalue weighted by atomic mass is 10.0. The van der Waals surface area contributed by atoms with Gasteiger partial charge < -0.3 is 14.2 Å². The average molecular weight is 960 g/mol. The zero-order chi connectivity index (χ0) is 50.0. The van der Waals surface area contributed by atoms with Crippen molar-refractivity contribution in [3.8, 4) is 0 Å². The lowest BCUT2D eigenvalue weighted by Crippen LogP contribution is -2.30. The molecular weight excluding hydrogens is 853 g/mol. The van der Waals surface area contributed by atoms with Gasteiger partial charge in [-0.05, 0) is 77.0 Å². The van der Waals surface area contributed by atoms with Crippen LogP contribution in [0.15, 0.2) is 97.2 Å². The first-order valence-corrected chi connectivity index (χ1v) is 28.8. The third-order valence-electron chi connectivity index (χ3n) is 12.1. The van der Waals surface area contributed by atoms with Crippen LogP contribution in [0.25, 0.3) is 0 Å². The molecule has 0 bridgehead atoms. The van der Waals surface area contributed by atoms with E-state index >= 15 is 0 Å². The van der Waals surface area contributed by atoms with Crippen LogP contribution in [0.3, 0.4) is 0 Å². The fraction of sp³-hybridized carbons (Fsp3) is 0.698. The van der Waals surface area contributed by atoms with Crippen molar-refractivity contribution < 1.29 is 28.6 Å². The van der Waals surface area contributed by atoms with Crippen LogP contribution in [0.4, 0.5) is 0 Å². The van der Waals surface area contributed by atoms with Crippen LogP contribution in [0.5, 0.6) is 0 Å². The van der Waals surface area contributed by atoms with Gasteiger partial charge in [-0.15, -0.1) is 0 Å². The van der Waals surface area contributed by atoms with Crippen LogP contribution >= 0.6 is 0 Å². The maximum atomic E-state index is 12.9. The molecule has 0 aliphatic carbocycles. The van der Waals surface area contributed by atoms with Gasteiger partial charge in [-0.25, -0.2) is 0 Å². The van der Waals surface area contributed by atoms with Crippen molar-refractivity contribution >= 4 is 17.9 Å². The molecule has 0 saturated heterocycles. The van der Waals surface area contributed by atoms with Crippen molar-refractivity contribution in [1.82, 2.24) is 0 Å². The van der Waals surface area contributed by atoms with Crippen molar-refractivity contribution in [3.63, 3.8) is 0 Å². The highest BCUT2D eigenvalue weighted by Gasteiger charge is 2.19. The van der Waals surface area contributed by atoms with E-state index in [1.807, 2.05) is 6.08 Å². The summed E-state index contributed by atoms with van der Waals surface area (Å²) in [6, 6.07) is 0. The zero-order valence-electron chi connectivity index (χ0n) is 45.0. The molecule has 0 amide bonds. The van der Waals surface area contributed by atoms with Crippen molar-refractivity contribution in [2.45, 2.75) is 271 Å². The molecule has 0 saturated carbocycles. The van der Waals surface area contributed by atoms with E-state index in [1.54, 1.807) is 0 Å². The van der Waals surface area contributed by atoms with Gasteiger partial charge in [0.2, 0.25) is 0 Å². The summed E-state index contributed by atoms with van der Waals surface area (Å²) >= 11 is 0. The first-order chi connectivity index (χ1) is 34.0. The van der Waals surface area contributed by atoms with E-state index in [0.29, 0.717) is 19.3 Å². The Morgan fingerprint density at radius 1 is 0.319 bits per heavy atom. The molecule has 0 aromatic heterocycles. The van der Waals surface area contributed by atoms with Crippen LogP contribution in [-0.2, 0) is 28.6 Å². The van der Waals surface area contributed by atoms with Gasteiger partial charge >= 0.3 is 17.9 Å². The zero-order valence-corrected chi connectivity index (χ0v) is 45.0. The quantitative estimate of drug-likeness (QED) is 0.0199. The lowest BCUT2D eigenvalue weighted by molar-refractivity contribution is -0.166. The molecule has 0 aliphatic heterocycles. The molecule has 0 heterocycles. The number of ether oxygens (including phenoxy) is 3. The van der Waals surface area contributed by atoms with Crippen molar-refractivity contribution in [2.75, 3.05) is 13.2 Å². The molecule has 6 heteroatoms. The van der Waals surface area contributed by atoms with Crippen molar-refractivity contribution in [1.29, 1.82) is 0 Å². The number of hydrogen-bond acceptors (Lipinski definition) is 6. The summed E-state index contributed by atoms with van der Waals surface area (Å²) in [7, 11) is 0. The van der Waals surface area contributed by atoms with E-state index in [4.69, 9.17) is 14.2 Å². The first-order valence-electron chi connectivity index (χ1n) is 28.8. The van der Waals surface area contributed by atoms with Gasteiger partial charge in [-0.1, -0.05) is 266 Å². The third kappa shape index (κ3) is 55.1. The average Bonchev–Trinajstić information content (AvgIpc) is 3.35. The minimum atomic E-state index is -0.816. The summed E-state index contributed by atoms with van der Waals surface area (Å²) in [5, 5.41) is 0. The van der Waals surface area contributed by atoms with E-state index in [2.05, 4.69) is 112 Å². The van der Waals surface area contributed by atoms with Gasteiger partial charge in [-0.3, -0.25) is 14.4 Å². The molecule has 0 fully saturated rings. The number of carbonyl (C=O) groups is 3. The Hall–Kier alpha value is -3.67. The van der Waals surface area contributed by atoms with E-state index in [1.165, 1.54) is 122 Å². The molecule has 0 aliphatic rings. The fourth-order valence-corrected chi connectivity index (χ4v) is 7.85. The highest BCUT2D eigenvalue weighted by Crippen LogP contribution is 2.16. The second-order valence-corrected chi connectivity index (χ2v) is 18.9. The van der Waals surface area contributed by atoms with Gasteiger partial charge in [0.1, 0.15) is 13.2 Å². The molecule has 394 valence electrons. The van der Waals surface area contributed by atoms with E-state index in [-0.39, 0.29) is 37.5 Å². The number of allylic oxidation sites excluding steroid dienone is 16. The van der Waals surface area contributed by atoms with Gasteiger partial charge in [0.15, 0.2) is 6.10 Å². The Labute approximate surface area is 426 Å². The molecule has 69 heavy (non-hydrogen) atoms. The van der Waals surface area contributed by atoms with Crippen molar-refractivity contribution in [2.24, 2.45) is 0 Å². The molecule has 1 atom stereocenters. The van der Waals surface area contributed by atoms with Gasteiger partial charge in [0, 0.05) is 19.3 Å². The number of esters is 3. The largest absolute Gasteiger partial charge is 0.462 e. The molecule has 0 spiro atoms. The molecule has 0 rings (SSSR count). The second kappa shape index (κ2) is 56.9. The molecule has 0 aromatic rings. The predicted molar refractivity (Wildman–Crippen MR) is 297 cm³/mol. The Morgan fingerprint density at radius 3 is 1.06 bits per heavy atom. The highest BCUT2D eigenvalue weighted by atomic mass is 16.6. The highest BCUT2D eigenvalue weighted by molar-refractivity contribution is 5.71. The third-order valence-corrected chi connectivity index (χ3v) is 12.1. The molecule has 1 unspecified atom stereocenters. The Bertz CT molecular complexity index is 1380. The first kappa shape index (κ1) is 65.3. The normalized spacial score (nSPS) is 12.8. The van der Waals surface area contributed by atoms with Gasteiger partial charge in [-0.2, -0.15) is 0 Å². The number of unbranched alkanes of at least 4 members (excludes halogenated alkanes) is 26. The second-order valence-electron chi connectivity index (χ2n) is 18.9. The van der Waals surface area contributed by atoms with Crippen molar-refractivity contribution in [3.05, 3.63) is 97.2 Å². The summed E-state index contributed by atoms with van der Waals surface area (Å²) < 4.78 is 16.8. The molecule has 6 nitrogen and oxygen atoms in total. The Morgan fingerprint density at radius 2 is 0.652 bits per heavy atom. The predicted octanol–water partition coefficient (Wildman–Crippen LogP) is 19.3. The van der Waals surface area contributed by atoms with E-state index < -0.39 is 6.10 Å². The number of carbonyl (C=O) groups excluding carboxylic acids is 3. The minimum absolute atomic E-state index is 0.110. The maximum absolute atomic E-state index is 12.9. The van der Waals surface area contributed by atoms with Crippen LogP contribution in [0.2, 0.25) is 0 Å². The molecule has 0 radical (unpaired) electrons. The summed E-state index contributed by atoms with van der Waals surface area (Å²) in [4.78, 5) is 38.1. The lowest BCUT2D eigenvalue weighted by Gasteiger charge is -2.18. The number of rotatable bonds is 51. The monoisotopic (exact) mass is 959 g/mol. The van der Waals surface area contributed by atoms with Gasteiger partial charge in [0.25, 0.3) is 0 Å². The summed E-state index contributed by atoms with van der Waals surface area (Å²) in [5.41, 5.74) is 0. The van der Waals surface area contributed by atoms with Gasteiger partial charge in [0.05, 0.1) is 0 Å². The van der Waals surface area contributed by atoms with Crippen LogP contribution < -0.4 is 0 Å². The molecule has 0 aromatic carbocycles. The fourth-order valence-electron chi connectivity index (χ4n) is 7.85. The van der Waals surface area contributed by atoms with E-state index in [0.717, 1.165) is 96.3 Å². The van der Waals surface area contributed by atoms with Crippen LogP contribution in [-0.4, -0.2) is 37.2 Å². The van der Waals surface area contributed by atoms with Crippen LogP contribution in [0.1, 0.15) is 265 Å². The summed E-state index contributed by atoms with van der Waals surface area (Å²) in [6.07, 6.45) is 75.5. The summed E-state index contributed by atoms with van der Waals surface area (Å²) in [5.74, 6) is -1.01. The Balaban J connectivity index is 4.51.